The van der Waals surface area contributed by atoms with Gasteiger partial charge in [-0.05, 0) is 25.6 Å². The van der Waals surface area contributed by atoms with Crippen molar-refractivity contribution < 1.29 is 0 Å². The molecule has 2 heterocycles. The summed E-state index contributed by atoms with van der Waals surface area (Å²) in [5.74, 6) is 1.06. The largest absolute Gasteiger partial charge is 0.313 e. The normalized spacial score (nSPS) is 20.5. The fraction of sp³-hybridized carbons (Fsp3) is 0.636. The van der Waals surface area contributed by atoms with Gasteiger partial charge >= 0.3 is 0 Å². The van der Waals surface area contributed by atoms with Gasteiger partial charge in [-0.3, -0.25) is 0 Å². The fourth-order valence-electron chi connectivity index (χ4n) is 1.79. The van der Waals surface area contributed by atoms with Crippen LogP contribution >= 0.6 is 35.1 Å². The number of thioether (sulfide) groups is 2. The van der Waals surface area contributed by atoms with E-state index >= 15 is 0 Å². The first-order chi connectivity index (χ1) is 8.28. The van der Waals surface area contributed by atoms with Crippen molar-refractivity contribution in [1.82, 2.24) is 15.3 Å². The molecule has 3 nitrogen and oxygen atoms in total. The number of nitrogens with zero attached hydrogens (tertiary/aromatic N) is 2. The van der Waals surface area contributed by atoms with E-state index in [4.69, 9.17) is 11.6 Å². The van der Waals surface area contributed by atoms with Gasteiger partial charge in [0.2, 0.25) is 0 Å². The minimum atomic E-state index is 0.531. The lowest BCUT2D eigenvalue weighted by Crippen LogP contribution is -2.35. The lowest BCUT2D eigenvalue weighted by molar-refractivity contribution is 0.430. The predicted molar refractivity (Wildman–Crippen MR) is 75.2 cm³/mol. The molecule has 1 N–H and O–H groups in total. The van der Waals surface area contributed by atoms with Gasteiger partial charge in [-0.2, -0.15) is 0 Å². The average Bonchev–Trinajstić information content (AvgIpc) is 2.37. The van der Waals surface area contributed by atoms with Gasteiger partial charge in [-0.15, -0.1) is 11.8 Å². The van der Waals surface area contributed by atoms with E-state index in [1.54, 1.807) is 11.8 Å². The Kier molecular flexibility index (Phi) is 5.41. The van der Waals surface area contributed by atoms with Crippen molar-refractivity contribution in [2.24, 2.45) is 0 Å². The van der Waals surface area contributed by atoms with E-state index in [2.05, 4.69) is 15.3 Å². The summed E-state index contributed by atoms with van der Waals surface area (Å²) in [6.45, 7) is 1.14. The van der Waals surface area contributed by atoms with Gasteiger partial charge in [-0.1, -0.05) is 29.8 Å². The molecule has 0 saturated carbocycles. The maximum Gasteiger partial charge on any atom is 0.189 e. The van der Waals surface area contributed by atoms with E-state index in [1.165, 1.54) is 31.0 Å². The molecule has 0 aromatic carbocycles. The third-order valence-electron chi connectivity index (χ3n) is 2.68. The van der Waals surface area contributed by atoms with Gasteiger partial charge in [-0.25, -0.2) is 9.97 Å². The van der Waals surface area contributed by atoms with Crippen LogP contribution in [0.5, 0.6) is 0 Å². The molecule has 0 amide bonds. The van der Waals surface area contributed by atoms with Crippen LogP contribution in [0.25, 0.3) is 0 Å². The molecule has 1 saturated heterocycles. The Morgan fingerprint density at radius 3 is 3.06 bits per heavy atom. The second-order valence-corrected chi connectivity index (χ2v) is 6.17. The second kappa shape index (κ2) is 6.83. The van der Waals surface area contributed by atoms with Crippen LogP contribution in [0.3, 0.4) is 0 Å². The molecule has 17 heavy (non-hydrogen) atoms. The van der Waals surface area contributed by atoms with E-state index < -0.39 is 0 Å². The highest BCUT2D eigenvalue weighted by atomic mass is 35.5. The lowest BCUT2D eigenvalue weighted by Gasteiger charge is -2.22. The number of hydrogen-bond donors (Lipinski definition) is 1. The maximum atomic E-state index is 5.96. The monoisotopic (exact) mass is 289 g/mol. The molecule has 94 valence electrons. The first-order valence-corrected chi connectivity index (χ1v) is 8.31. The number of nitrogens with one attached hydrogen (secondary N) is 1. The highest BCUT2D eigenvalue weighted by Crippen LogP contribution is 2.24. The number of hydrogen-bond acceptors (Lipinski definition) is 5. The van der Waals surface area contributed by atoms with Crippen molar-refractivity contribution in [1.29, 1.82) is 0 Å². The predicted octanol–water partition coefficient (Wildman–Crippen LogP) is 3.09. The molecule has 0 spiro atoms. The van der Waals surface area contributed by atoms with E-state index in [0.29, 0.717) is 11.2 Å². The summed E-state index contributed by atoms with van der Waals surface area (Å²) in [5.41, 5.74) is 0. The van der Waals surface area contributed by atoms with Gasteiger partial charge < -0.3 is 5.32 Å². The fourth-order valence-corrected chi connectivity index (χ4v) is 3.53. The quantitative estimate of drug-likeness (QED) is 0.524. The van der Waals surface area contributed by atoms with Crippen LogP contribution in [-0.2, 0) is 0 Å². The summed E-state index contributed by atoms with van der Waals surface area (Å²) in [7, 11) is 0. The summed E-state index contributed by atoms with van der Waals surface area (Å²) < 4.78 is 0. The zero-order chi connectivity index (χ0) is 12.1. The van der Waals surface area contributed by atoms with Crippen molar-refractivity contribution in [2.75, 3.05) is 18.6 Å². The molecular formula is C11H16ClN3S2. The van der Waals surface area contributed by atoms with Crippen LogP contribution in [0.15, 0.2) is 16.2 Å². The number of rotatable bonds is 4. The molecule has 1 aliphatic rings. The van der Waals surface area contributed by atoms with Crippen molar-refractivity contribution in [3.8, 4) is 0 Å². The Balaban J connectivity index is 1.91. The molecule has 0 bridgehead atoms. The van der Waals surface area contributed by atoms with Crippen LogP contribution in [0, 0.1) is 0 Å². The van der Waals surface area contributed by atoms with Crippen molar-refractivity contribution in [2.45, 2.75) is 35.5 Å². The van der Waals surface area contributed by atoms with Crippen molar-refractivity contribution in [3.05, 3.63) is 11.2 Å². The highest BCUT2D eigenvalue weighted by molar-refractivity contribution is 7.99. The first-order valence-electron chi connectivity index (χ1n) is 5.72. The molecule has 1 fully saturated rings. The molecule has 1 aliphatic heterocycles. The minimum absolute atomic E-state index is 0.531. The molecule has 0 radical (unpaired) electrons. The average molecular weight is 290 g/mol. The topological polar surface area (TPSA) is 37.8 Å². The van der Waals surface area contributed by atoms with Gasteiger partial charge in [0, 0.05) is 17.9 Å². The van der Waals surface area contributed by atoms with E-state index in [-0.39, 0.29) is 0 Å². The number of aromatic nitrogens is 2. The zero-order valence-electron chi connectivity index (χ0n) is 9.78. The standard InChI is InChI=1S/C11H16ClN3S2/c1-16-11-14-9(12)6-10(15-11)17-7-8-4-2-3-5-13-8/h6,8,13H,2-5,7H2,1H3. The smallest absolute Gasteiger partial charge is 0.189 e. The van der Waals surface area contributed by atoms with Crippen LogP contribution in [0.2, 0.25) is 5.15 Å². The summed E-state index contributed by atoms with van der Waals surface area (Å²) in [6, 6.07) is 2.45. The Bertz CT molecular complexity index is 370. The third-order valence-corrected chi connectivity index (χ3v) is 4.49. The lowest BCUT2D eigenvalue weighted by atomic mass is 10.1. The zero-order valence-corrected chi connectivity index (χ0v) is 12.2. The molecule has 2 rings (SSSR count). The SMILES string of the molecule is CSc1nc(Cl)cc(SCC2CCCCN2)n1. The van der Waals surface area contributed by atoms with Gasteiger partial charge in [0.15, 0.2) is 5.16 Å². The molecule has 1 aromatic heterocycles. The molecular weight excluding hydrogens is 274 g/mol. The van der Waals surface area contributed by atoms with E-state index in [0.717, 1.165) is 22.5 Å². The van der Waals surface area contributed by atoms with E-state index in [9.17, 15) is 0 Å². The molecule has 1 atom stereocenters. The minimum Gasteiger partial charge on any atom is -0.313 e. The molecule has 0 aliphatic carbocycles. The van der Waals surface area contributed by atoms with Crippen molar-refractivity contribution >= 4 is 35.1 Å². The third kappa shape index (κ3) is 4.32. The van der Waals surface area contributed by atoms with Crippen LogP contribution in [0.1, 0.15) is 19.3 Å². The Labute approximate surface area is 116 Å². The number of halogens is 1. The molecule has 6 heteroatoms. The van der Waals surface area contributed by atoms with Crippen molar-refractivity contribution in [3.63, 3.8) is 0 Å². The summed E-state index contributed by atoms with van der Waals surface area (Å²) >= 11 is 9.24. The van der Waals surface area contributed by atoms with Crippen LogP contribution in [0.4, 0.5) is 0 Å². The van der Waals surface area contributed by atoms with Gasteiger partial charge in [0.25, 0.3) is 0 Å². The summed E-state index contributed by atoms with van der Waals surface area (Å²) in [5, 5.41) is 5.78. The highest BCUT2D eigenvalue weighted by Gasteiger charge is 2.13. The maximum absolute atomic E-state index is 5.96. The Morgan fingerprint density at radius 2 is 2.35 bits per heavy atom. The second-order valence-electron chi connectivity index (χ2n) is 3.97. The Morgan fingerprint density at radius 1 is 1.47 bits per heavy atom. The summed E-state index contributed by atoms with van der Waals surface area (Å²) in [4.78, 5) is 8.57. The molecule has 1 aromatic rings. The molecule has 1 unspecified atom stereocenters. The van der Waals surface area contributed by atoms with E-state index in [1.807, 2.05) is 12.3 Å². The van der Waals surface area contributed by atoms with Gasteiger partial charge in [0.05, 0.1) is 0 Å². The first kappa shape index (κ1) is 13.5. The summed E-state index contributed by atoms with van der Waals surface area (Å²) in [6.07, 6.45) is 5.86. The van der Waals surface area contributed by atoms with Gasteiger partial charge in [0.1, 0.15) is 10.2 Å². The Hall–Kier alpha value is 0.0300. The number of piperidine rings is 1. The van der Waals surface area contributed by atoms with Crippen LogP contribution < -0.4 is 5.32 Å². The van der Waals surface area contributed by atoms with Crippen LogP contribution in [-0.4, -0.2) is 34.6 Å².